The Bertz CT molecular complexity index is 1550. The second-order valence-corrected chi connectivity index (χ2v) is 12.9. The van der Waals surface area contributed by atoms with E-state index in [1.807, 2.05) is 17.8 Å². The van der Waals surface area contributed by atoms with E-state index in [-0.39, 0.29) is 18.4 Å². The number of halogens is 1. The van der Waals surface area contributed by atoms with Crippen LogP contribution in [0, 0.1) is 18.3 Å². The minimum Gasteiger partial charge on any atom is -0.462 e. The van der Waals surface area contributed by atoms with Gasteiger partial charge in [-0.2, -0.15) is 20.3 Å². The lowest BCUT2D eigenvalue weighted by Gasteiger charge is -2.36. The molecule has 0 bridgehead atoms. The highest BCUT2D eigenvalue weighted by molar-refractivity contribution is 6.33. The number of hydrogen-bond donors (Lipinski definition) is 1. The highest BCUT2D eigenvalue weighted by Gasteiger charge is 2.33. The van der Waals surface area contributed by atoms with Crippen molar-refractivity contribution in [3.8, 4) is 12.1 Å². The van der Waals surface area contributed by atoms with Gasteiger partial charge in [-0.25, -0.2) is 4.68 Å². The van der Waals surface area contributed by atoms with Crippen LogP contribution in [0.15, 0.2) is 12.3 Å². The highest BCUT2D eigenvalue weighted by atomic mass is 35.5. The van der Waals surface area contributed by atoms with E-state index < -0.39 is 0 Å². The second-order valence-electron chi connectivity index (χ2n) is 12.6. The summed E-state index contributed by atoms with van der Waals surface area (Å²) in [5.74, 6) is 0.843. The summed E-state index contributed by atoms with van der Waals surface area (Å²) in [7, 11) is 2.15. The Kier molecular flexibility index (Phi) is 8.62. The number of nitrogens with zero attached hydrogens (tertiary/aromatic N) is 7. The van der Waals surface area contributed by atoms with Gasteiger partial charge in [0.2, 0.25) is 0 Å². The van der Waals surface area contributed by atoms with Crippen LogP contribution in [0.5, 0.6) is 6.01 Å². The van der Waals surface area contributed by atoms with Crippen molar-refractivity contribution in [2.75, 3.05) is 51.3 Å². The van der Waals surface area contributed by atoms with E-state index in [1.165, 1.54) is 6.42 Å². The molecule has 0 aliphatic carbocycles. The number of piperazine rings is 1. The summed E-state index contributed by atoms with van der Waals surface area (Å²) < 4.78 is 21.0. The Labute approximate surface area is 263 Å². The third kappa shape index (κ3) is 5.74. The van der Waals surface area contributed by atoms with Gasteiger partial charge in [-0.15, -0.1) is 0 Å². The third-order valence-corrected chi connectivity index (χ3v) is 10.1. The molecule has 11 nitrogen and oxygen atoms in total. The number of ether oxygens (including phenoxy) is 3. The average molecular weight is 621 g/mol. The molecule has 44 heavy (non-hydrogen) atoms. The first kappa shape index (κ1) is 29.7. The molecule has 4 aliphatic rings. The number of likely N-dealkylation sites (N-methyl/N-ethyl adjacent to an activating group) is 1. The zero-order valence-electron chi connectivity index (χ0n) is 25.6. The maximum atomic E-state index is 9.33. The van der Waals surface area contributed by atoms with Crippen LogP contribution in [0.1, 0.15) is 73.2 Å². The summed E-state index contributed by atoms with van der Waals surface area (Å²) in [4.78, 5) is 14.5. The van der Waals surface area contributed by atoms with Crippen molar-refractivity contribution in [2.24, 2.45) is 0 Å². The van der Waals surface area contributed by atoms with Gasteiger partial charge < -0.3 is 29.3 Å². The van der Waals surface area contributed by atoms with E-state index in [4.69, 9.17) is 40.9 Å². The molecule has 12 heteroatoms. The molecule has 0 amide bonds. The van der Waals surface area contributed by atoms with Gasteiger partial charge in [-0.3, -0.25) is 0 Å². The van der Waals surface area contributed by atoms with Crippen LogP contribution in [0.2, 0.25) is 5.02 Å². The lowest BCUT2D eigenvalue weighted by Crippen LogP contribution is -2.51. The molecule has 7 rings (SSSR count). The first-order valence-electron chi connectivity index (χ1n) is 16.0. The van der Waals surface area contributed by atoms with Gasteiger partial charge in [0.1, 0.15) is 12.4 Å². The summed E-state index contributed by atoms with van der Waals surface area (Å²) in [6.07, 6.45) is 7.97. The molecule has 3 fully saturated rings. The van der Waals surface area contributed by atoms with Gasteiger partial charge in [0, 0.05) is 61.3 Å². The molecule has 234 valence electrons. The number of nitrogens with one attached hydrogen (secondary N) is 1. The standard InChI is InChI=1S/C32H41ClN8O3/c1-20-14-26-23(16-36-41(26)28-7-3-4-13-42-28)29(30(20)33)27-15-25-24(19-43-27)31(40-12-10-35-21(17-40)8-9-34)38-32(37-25)44-18-22-6-5-11-39(22)2/h14,16,21-22,27-28,35H,3-8,10-13,15,17-19H2,1-2H3/t21-,22-,27?,28?/m0/s1. The van der Waals surface area contributed by atoms with Crippen molar-refractivity contribution >= 4 is 28.3 Å². The molecule has 1 N–H and O–H groups in total. The normalized spacial score (nSPS) is 26.1. The fourth-order valence-electron chi connectivity index (χ4n) is 7.15. The predicted octanol–water partition coefficient (Wildman–Crippen LogP) is 4.47. The maximum Gasteiger partial charge on any atom is 0.318 e. The number of anilines is 1. The van der Waals surface area contributed by atoms with Crippen molar-refractivity contribution in [2.45, 2.75) is 82.9 Å². The molecular weight excluding hydrogens is 580 g/mol. The van der Waals surface area contributed by atoms with Crippen molar-refractivity contribution in [1.29, 1.82) is 5.26 Å². The Morgan fingerprint density at radius 3 is 2.89 bits per heavy atom. The first-order valence-corrected chi connectivity index (χ1v) is 16.4. The number of benzene rings is 1. The molecule has 6 heterocycles. The number of aryl methyl sites for hydroxylation is 1. The smallest absolute Gasteiger partial charge is 0.318 e. The van der Waals surface area contributed by atoms with E-state index in [0.717, 1.165) is 91.0 Å². The summed E-state index contributed by atoms with van der Waals surface area (Å²) in [5, 5.41) is 19.3. The summed E-state index contributed by atoms with van der Waals surface area (Å²) in [6, 6.07) is 5.26. The van der Waals surface area contributed by atoms with E-state index in [9.17, 15) is 5.26 Å². The van der Waals surface area contributed by atoms with Gasteiger partial charge in [0.25, 0.3) is 0 Å². The van der Waals surface area contributed by atoms with E-state index in [1.54, 1.807) is 0 Å². The van der Waals surface area contributed by atoms with Crippen LogP contribution in [0.4, 0.5) is 5.82 Å². The van der Waals surface area contributed by atoms with Crippen LogP contribution < -0.4 is 15.0 Å². The quantitative estimate of drug-likeness (QED) is 0.406. The maximum absolute atomic E-state index is 9.33. The summed E-state index contributed by atoms with van der Waals surface area (Å²) >= 11 is 7.04. The monoisotopic (exact) mass is 620 g/mol. The Morgan fingerprint density at radius 2 is 2.09 bits per heavy atom. The van der Waals surface area contributed by atoms with Gasteiger partial charge in [-0.05, 0) is 64.3 Å². The second kappa shape index (κ2) is 12.8. The third-order valence-electron chi connectivity index (χ3n) is 9.64. The number of fused-ring (bicyclic) bond motifs is 2. The minimum absolute atomic E-state index is 0.0690. The van der Waals surface area contributed by atoms with Crippen molar-refractivity contribution in [3.63, 3.8) is 0 Å². The Balaban J connectivity index is 1.23. The van der Waals surface area contributed by atoms with Crippen LogP contribution in [-0.4, -0.2) is 83.2 Å². The SMILES string of the molecule is Cc1cc2c(cnn2C2CCCCO2)c(C2Cc3nc(OC[C@@H]4CCCN4C)nc(N4CCN[C@@H](CC#N)C4)c3CO2)c1Cl. The highest BCUT2D eigenvalue weighted by Crippen LogP contribution is 2.42. The van der Waals surface area contributed by atoms with Gasteiger partial charge in [-0.1, -0.05) is 11.6 Å². The molecule has 2 aromatic heterocycles. The van der Waals surface area contributed by atoms with Crippen LogP contribution in [0.3, 0.4) is 0 Å². The molecular formula is C32H41ClN8O3. The average Bonchev–Trinajstić information content (AvgIpc) is 3.66. The molecule has 0 radical (unpaired) electrons. The molecule has 4 aliphatic heterocycles. The number of likely N-dealkylation sites (tertiary alicyclic amines) is 1. The fourth-order valence-corrected chi connectivity index (χ4v) is 7.43. The Hall–Kier alpha value is -3.01. The van der Waals surface area contributed by atoms with Gasteiger partial charge in [0.05, 0.1) is 47.6 Å². The van der Waals surface area contributed by atoms with Crippen LogP contribution >= 0.6 is 11.6 Å². The van der Waals surface area contributed by atoms with Crippen LogP contribution in [-0.2, 0) is 22.5 Å². The van der Waals surface area contributed by atoms with Crippen molar-refractivity contribution in [3.05, 3.63) is 39.7 Å². The number of hydrogen-bond acceptors (Lipinski definition) is 10. The molecule has 4 atom stereocenters. The Morgan fingerprint density at radius 1 is 1.18 bits per heavy atom. The van der Waals surface area contributed by atoms with E-state index in [0.29, 0.717) is 49.7 Å². The van der Waals surface area contributed by atoms with E-state index in [2.05, 4.69) is 34.3 Å². The predicted molar refractivity (Wildman–Crippen MR) is 167 cm³/mol. The zero-order valence-corrected chi connectivity index (χ0v) is 26.4. The minimum atomic E-state index is -0.298. The summed E-state index contributed by atoms with van der Waals surface area (Å²) in [5.41, 5.74) is 4.85. The summed E-state index contributed by atoms with van der Waals surface area (Å²) in [6.45, 7) is 7.05. The molecule has 3 saturated heterocycles. The topological polar surface area (TPSA) is 114 Å². The lowest BCUT2D eigenvalue weighted by atomic mass is 9.95. The van der Waals surface area contributed by atoms with E-state index >= 15 is 0 Å². The van der Waals surface area contributed by atoms with Crippen molar-refractivity contribution < 1.29 is 14.2 Å². The first-order chi connectivity index (χ1) is 21.5. The molecule has 2 unspecified atom stereocenters. The number of aromatic nitrogens is 4. The molecule has 0 saturated carbocycles. The van der Waals surface area contributed by atoms with Gasteiger partial charge in [0.15, 0.2) is 6.23 Å². The largest absolute Gasteiger partial charge is 0.462 e. The zero-order chi connectivity index (χ0) is 30.2. The fraction of sp³-hybridized carbons (Fsp3) is 0.625. The number of rotatable bonds is 7. The van der Waals surface area contributed by atoms with Crippen LogP contribution in [0.25, 0.3) is 10.9 Å². The number of nitriles is 1. The van der Waals surface area contributed by atoms with Crippen molar-refractivity contribution in [1.82, 2.24) is 30.0 Å². The lowest BCUT2D eigenvalue weighted by molar-refractivity contribution is -0.0366. The molecule has 1 aromatic carbocycles. The molecule has 0 spiro atoms. The van der Waals surface area contributed by atoms with Gasteiger partial charge >= 0.3 is 6.01 Å². The molecule has 3 aromatic rings.